The quantitative estimate of drug-likeness (QED) is 0.841. The summed E-state index contributed by atoms with van der Waals surface area (Å²) < 4.78 is 22.7. The number of benzene rings is 1. The standard InChI is InChI=1S/C13H20N2O3S/c1-9(15-10(2)13(16)14-3)11-5-7-12(8-6-11)19(4,17)18/h5-10,15H,1-4H3,(H,14,16). The monoisotopic (exact) mass is 284 g/mol. The van der Waals surface area contributed by atoms with E-state index in [2.05, 4.69) is 10.6 Å². The van der Waals surface area contributed by atoms with Gasteiger partial charge in [0.1, 0.15) is 0 Å². The first-order valence-electron chi connectivity index (χ1n) is 6.03. The van der Waals surface area contributed by atoms with Crippen LogP contribution in [0.3, 0.4) is 0 Å². The first kappa shape index (κ1) is 15.7. The molecule has 0 fully saturated rings. The van der Waals surface area contributed by atoms with Crippen molar-refractivity contribution < 1.29 is 13.2 Å². The van der Waals surface area contributed by atoms with E-state index in [0.29, 0.717) is 4.90 Å². The highest BCUT2D eigenvalue weighted by molar-refractivity contribution is 7.90. The maximum atomic E-state index is 11.4. The van der Waals surface area contributed by atoms with Crippen LogP contribution < -0.4 is 10.6 Å². The van der Waals surface area contributed by atoms with Crippen molar-refractivity contribution in [3.8, 4) is 0 Å². The normalized spacial score (nSPS) is 14.7. The molecule has 2 atom stereocenters. The maximum absolute atomic E-state index is 11.4. The number of hydrogen-bond donors (Lipinski definition) is 2. The maximum Gasteiger partial charge on any atom is 0.236 e. The average Bonchev–Trinajstić information content (AvgIpc) is 2.36. The molecule has 0 spiro atoms. The second-order valence-electron chi connectivity index (χ2n) is 4.57. The Morgan fingerprint density at radius 3 is 2.11 bits per heavy atom. The fourth-order valence-corrected chi connectivity index (χ4v) is 2.40. The van der Waals surface area contributed by atoms with Crippen LogP contribution in [0.5, 0.6) is 0 Å². The van der Waals surface area contributed by atoms with Crippen molar-refractivity contribution in [2.75, 3.05) is 13.3 Å². The van der Waals surface area contributed by atoms with Crippen LogP contribution in [0.2, 0.25) is 0 Å². The van der Waals surface area contributed by atoms with Gasteiger partial charge < -0.3 is 5.32 Å². The van der Waals surface area contributed by atoms with Gasteiger partial charge in [0, 0.05) is 19.3 Å². The highest BCUT2D eigenvalue weighted by atomic mass is 32.2. The van der Waals surface area contributed by atoms with Crippen molar-refractivity contribution in [3.05, 3.63) is 29.8 Å². The lowest BCUT2D eigenvalue weighted by Gasteiger charge is -2.19. The Balaban J connectivity index is 2.79. The summed E-state index contributed by atoms with van der Waals surface area (Å²) in [6, 6.07) is 6.31. The molecule has 0 aliphatic rings. The molecule has 6 heteroatoms. The second kappa shape index (κ2) is 6.16. The van der Waals surface area contributed by atoms with Gasteiger partial charge in [-0.3, -0.25) is 10.1 Å². The zero-order valence-corrected chi connectivity index (χ0v) is 12.4. The zero-order valence-electron chi connectivity index (χ0n) is 11.6. The van der Waals surface area contributed by atoms with Crippen LogP contribution in [0, 0.1) is 0 Å². The molecule has 1 aromatic rings. The minimum absolute atomic E-state index is 0.0408. The predicted octanol–water partition coefficient (Wildman–Crippen LogP) is 0.875. The third-order valence-electron chi connectivity index (χ3n) is 2.95. The lowest BCUT2D eigenvalue weighted by atomic mass is 10.1. The van der Waals surface area contributed by atoms with Gasteiger partial charge in [-0.2, -0.15) is 0 Å². The largest absolute Gasteiger partial charge is 0.358 e. The van der Waals surface area contributed by atoms with E-state index < -0.39 is 9.84 Å². The summed E-state index contributed by atoms with van der Waals surface area (Å²) in [5.74, 6) is -0.0837. The molecule has 2 N–H and O–H groups in total. The molecule has 1 rings (SSSR count). The van der Waals surface area contributed by atoms with Crippen molar-refractivity contribution in [1.29, 1.82) is 0 Å². The number of rotatable bonds is 5. The summed E-state index contributed by atoms with van der Waals surface area (Å²) >= 11 is 0. The third kappa shape index (κ3) is 4.33. The summed E-state index contributed by atoms with van der Waals surface area (Å²) in [5.41, 5.74) is 0.933. The topological polar surface area (TPSA) is 75.3 Å². The Labute approximate surface area is 114 Å². The number of carbonyl (C=O) groups excluding carboxylic acids is 1. The molecule has 2 unspecified atom stereocenters. The van der Waals surface area contributed by atoms with E-state index in [4.69, 9.17) is 0 Å². The average molecular weight is 284 g/mol. The number of hydrogen-bond acceptors (Lipinski definition) is 4. The van der Waals surface area contributed by atoms with Crippen LogP contribution in [0.25, 0.3) is 0 Å². The Morgan fingerprint density at radius 1 is 1.16 bits per heavy atom. The van der Waals surface area contributed by atoms with E-state index >= 15 is 0 Å². The molecule has 0 heterocycles. The number of carbonyl (C=O) groups is 1. The molecule has 5 nitrogen and oxygen atoms in total. The minimum atomic E-state index is -3.17. The molecule has 19 heavy (non-hydrogen) atoms. The molecule has 106 valence electrons. The predicted molar refractivity (Wildman–Crippen MR) is 74.6 cm³/mol. The molecule has 0 radical (unpaired) electrons. The number of sulfone groups is 1. The van der Waals surface area contributed by atoms with E-state index in [1.54, 1.807) is 38.2 Å². The van der Waals surface area contributed by atoms with Crippen molar-refractivity contribution in [2.45, 2.75) is 30.8 Å². The first-order chi connectivity index (χ1) is 8.75. The molecule has 1 amide bonds. The molecule has 0 saturated carbocycles. The van der Waals surface area contributed by atoms with Gasteiger partial charge in [0.25, 0.3) is 0 Å². The summed E-state index contributed by atoms with van der Waals surface area (Å²) in [4.78, 5) is 11.7. The van der Waals surface area contributed by atoms with Gasteiger partial charge in [-0.1, -0.05) is 12.1 Å². The Hall–Kier alpha value is -1.40. The summed E-state index contributed by atoms with van der Waals surface area (Å²) in [7, 11) is -1.58. The molecular weight excluding hydrogens is 264 g/mol. The van der Waals surface area contributed by atoms with E-state index in [1.165, 1.54) is 6.26 Å². The summed E-state index contributed by atoms with van der Waals surface area (Å²) in [5, 5.41) is 5.71. The zero-order chi connectivity index (χ0) is 14.6. The molecule has 0 aliphatic carbocycles. The Morgan fingerprint density at radius 2 is 1.68 bits per heavy atom. The summed E-state index contributed by atoms with van der Waals surface area (Å²) in [6.07, 6.45) is 1.18. The third-order valence-corrected chi connectivity index (χ3v) is 4.08. The Kier molecular flexibility index (Phi) is 5.08. The number of likely N-dealkylation sites (N-methyl/N-ethyl adjacent to an activating group) is 1. The first-order valence-corrected chi connectivity index (χ1v) is 7.92. The van der Waals surface area contributed by atoms with Gasteiger partial charge in [-0.15, -0.1) is 0 Å². The van der Waals surface area contributed by atoms with Crippen molar-refractivity contribution >= 4 is 15.7 Å². The van der Waals surface area contributed by atoms with Gasteiger partial charge in [-0.05, 0) is 31.5 Å². The second-order valence-corrected chi connectivity index (χ2v) is 6.58. The lowest BCUT2D eigenvalue weighted by Crippen LogP contribution is -2.41. The van der Waals surface area contributed by atoms with Crippen molar-refractivity contribution in [3.63, 3.8) is 0 Å². The van der Waals surface area contributed by atoms with Gasteiger partial charge in [-0.25, -0.2) is 8.42 Å². The number of amides is 1. The fourth-order valence-electron chi connectivity index (χ4n) is 1.77. The van der Waals surface area contributed by atoms with E-state index in [-0.39, 0.29) is 18.0 Å². The van der Waals surface area contributed by atoms with Crippen molar-refractivity contribution in [1.82, 2.24) is 10.6 Å². The summed E-state index contributed by atoms with van der Waals surface area (Å²) in [6.45, 7) is 3.70. The molecule has 0 aliphatic heterocycles. The fraction of sp³-hybridized carbons (Fsp3) is 0.462. The van der Waals surface area contributed by atoms with Crippen LogP contribution in [0.4, 0.5) is 0 Å². The van der Waals surface area contributed by atoms with Crippen LogP contribution in [-0.4, -0.2) is 33.7 Å². The smallest absolute Gasteiger partial charge is 0.236 e. The van der Waals surface area contributed by atoms with Crippen LogP contribution >= 0.6 is 0 Å². The van der Waals surface area contributed by atoms with E-state index in [9.17, 15) is 13.2 Å². The Bertz CT molecular complexity index is 538. The lowest BCUT2D eigenvalue weighted by molar-refractivity contribution is -0.122. The SMILES string of the molecule is CNC(=O)C(C)NC(C)c1ccc(S(C)(=O)=O)cc1. The molecular formula is C13H20N2O3S. The molecule has 0 aromatic heterocycles. The minimum Gasteiger partial charge on any atom is -0.358 e. The molecule has 0 bridgehead atoms. The van der Waals surface area contributed by atoms with Crippen molar-refractivity contribution in [2.24, 2.45) is 0 Å². The molecule has 1 aromatic carbocycles. The molecule has 0 saturated heterocycles. The number of nitrogens with one attached hydrogen (secondary N) is 2. The van der Waals surface area contributed by atoms with Crippen LogP contribution in [0.1, 0.15) is 25.5 Å². The van der Waals surface area contributed by atoms with E-state index in [1.807, 2.05) is 6.92 Å². The van der Waals surface area contributed by atoms with Crippen LogP contribution in [-0.2, 0) is 14.6 Å². The highest BCUT2D eigenvalue weighted by Crippen LogP contribution is 2.16. The highest BCUT2D eigenvalue weighted by Gasteiger charge is 2.15. The van der Waals surface area contributed by atoms with Gasteiger partial charge in [0.05, 0.1) is 10.9 Å². The van der Waals surface area contributed by atoms with Gasteiger partial charge in [0.2, 0.25) is 5.91 Å². The van der Waals surface area contributed by atoms with E-state index in [0.717, 1.165) is 5.56 Å². The van der Waals surface area contributed by atoms with Crippen LogP contribution in [0.15, 0.2) is 29.2 Å². The van der Waals surface area contributed by atoms with Gasteiger partial charge in [0.15, 0.2) is 9.84 Å². The van der Waals surface area contributed by atoms with Gasteiger partial charge >= 0.3 is 0 Å².